The van der Waals surface area contributed by atoms with Crippen molar-refractivity contribution in [2.75, 3.05) is 0 Å². The minimum absolute atomic E-state index is 0.00885. The molecule has 0 aliphatic carbocycles. The second-order valence-electron chi connectivity index (χ2n) is 6.40. The third-order valence-electron chi connectivity index (χ3n) is 4.56. The molecule has 1 aliphatic heterocycles. The number of carboxylic acid groups (broad SMARTS) is 1. The highest BCUT2D eigenvalue weighted by molar-refractivity contribution is 7.08. The number of rotatable bonds is 4. The molecule has 0 spiro atoms. The Kier molecular flexibility index (Phi) is 4.39. The van der Waals surface area contributed by atoms with Gasteiger partial charge in [-0.05, 0) is 41.8 Å². The molecule has 1 aliphatic rings. The van der Waals surface area contributed by atoms with E-state index in [0.717, 1.165) is 30.6 Å². The zero-order chi connectivity index (χ0) is 16.6. The van der Waals surface area contributed by atoms with Crippen molar-refractivity contribution in [1.82, 2.24) is 4.57 Å². The summed E-state index contributed by atoms with van der Waals surface area (Å²) in [6.07, 6.45) is 2.43. The Morgan fingerprint density at radius 1 is 1.35 bits per heavy atom. The fourth-order valence-electron chi connectivity index (χ4n) is 3.40. The van der Waals surface area contributed by atoms with Crippen LogP contribution >= 0.6 is 11.3 Å². The maximum Gasteiger partial charge on any atom is 0.312 e. The van der Waals surface area contributed by atoms with Crippen LogP contribution in [0.4, 0.5) is 0 Å². The number of hydrogen-bond acceptors (Lipinski definition) is 3. The molecule has 1 unspecified atom stereocenters. The molecule has 122 valence electrons. The summed E-state index contributed by atoms with van der Waals surface area (Å²) in [4.78, 5) is 24.6. The lowest BCUT2D eigenvalue weighted by atomic mass is 9.92. The van der Waals surface area contributed by atoms with Gasteiger partial charge >= 0.3 is 5.97 Å². The Morgan fingerprint density at radius 3 is 2.74 bits per heavy atom. The SMILES string of the molecule is CC(C)c1cc(C(=O)c2ccsc2)n2c1C(C(=O)O)CCCC2. The topological polar surface area (TPSA) is 59.3 Å². The number of thiophene rings is 1. The fraction of sp³-hybridized carbons (Fsp3) is 0.444. The summed E-state index contributed by atoms with van der Waals surface area (Å²) in [5, 5.41) is 13.4. The minimum Gasteiger partial charge on any atom is -0.481 e. The van der Waals surface area contributed by atoms with E-state index in [-0.39, 0.29) is 11.7 Å². The number of ketones is 1. The van der Waals surface area contributed by atoms with Gasteiger partial charge in [0, 0.05) is 23.2 Å². The van der Waals surface area contributed by atoms with E-state index in [9.17, 15) is 14.7 Å². The summed E-state index contributed by atoms with van der Waals surface area (Å²) >= 11 is 1.50. The van der Waals surface area contributed by atoms with Crippen molar-refractivity contribution < 1.29 is 14.7 Å². The molecular formula is C18H21NO3S. The van der Waals surface area contributed by atoms with E-state index in [1.807, 2.05) is 27.5 Å². The quantitative estimate of drug-likeness (QED) is 0.852. The molecule has 2 aromatic heterocycles. The number of nitrogens with zero attached hydrogens (tertiary/aromatic N) is 1. The first-order valence-electron chi connectivity index (χ1n) is 8.03. The molecule has 0 amide bonds. The normalized spacial score (nSPS) is 17.8. The monoisotopic (exact) mass is 331 g/mol. The van der Waals surface area contributed by atoms with E-state index in [2.05, 4.69) is 13.8 Å². The van der Waals surface area contributed by atoms with E-state index in [1.54, 1.807) is 0 Å². The largest absolute Gasteiger partial charge is 0.481 e. The number of fused-ring (bicyclic) bond motifs is 1. The Hall–Kier alpha value is -1.88. The summed E-state index contributed by atoms with van der Waals surface area (Å²) < 4.78 is 1.97. The first kappa shape index (κ1) is 16.0. The maximum atomic E-state index is 12.8. The Bertz CT molecular complexity index is 728. The molecule has 0 saturated carbocycles. The van der Waals surface area contributed by atoms with Crippen LogP contribution in [0.25, 0.3) is 0 Å². The molecule has 3 heterocycles. The van der Waals surface area contributed by atoms with Crippen LogP contribution in [0.5, 0.6) is 0 Å². The molecule has 2 aromatic rings. The lowest BCUT2D eigenvalue weighted by Gasteiger charge is -2.17. The van der Waals surface area contributed by atoms with Crippen LogP contribution in [0, 0.1) is 0 Å². The van der Waals surface area contributed by atoms with E-state index < -0.39 is 11.9 Å². The van der Waals surface area contributed by atoms with Crippen molar-refractivity contribution in [2.45, 2.75) is 51.5 Å². The predicted octanol–water partition coefficient (Wildman–Crippen LogP) is 4.26. The third-order valence-corrected chi connectivity index (χ3v) is 5.24. The van der Waals surface area contributed by atoms with Crippen LogP contribution in [-0.4, -0.2) is 21.4 Å². The van der Waals surface area contributed by atoms with Gasteiger partial charge in [-0.3, -0.25) is 9.59 Å². The summed E-state index contributed by atoms with van der Waals surface area (Å²) in [5.74, 6) is -1.12. The predicted molar refractivity (Wildman–Crippen MR) is 90.5 cm³/mol. The Labute approximate surface area is 139 Å². The van der Waals surface area contributed by atoms with Crippen molar-refractivity contribution in [3.63, 3.8) is 0 Å². The van der Waals surface area contributed by atoms with Gasteiger partial charge < -0.3 is 9.67 Å². The molecule has 0 bridgehead atoms. The molecule has 1 atom stereocenters. The van der Waals surface area contributed by atoms with Gasteiger partial charge in [-0.2, -0.15) is 11.3 Å². The molecule has 4 nitrogen and oxygen atoms in total. The maximum absolute atomic E-state index is 12.8. The van der Waals surface area contributed by atoms with E-state index in [1.165, 1.54) is 11.3 Å². The van der Waals surface area contributed by atoms with E-state index in [0.29, 0.717) is 17.7 Å². The number of aromatic nitrogens is 1. The zero-order valence-electron chi connectivity index (χ0n) is 13.4. The average Bonchev–Trinajstić information content (AvgIpc) is 3.10. The minimum atomic E-state index is -0.789. The van der Waals surface area contributed by atoms with Gasteiger partial charge in [0.25, 0.3) is 0 Å². The smallest absolute Gasteiger partial charge is 0.312 e. The first-order chi connectivity index (χ1) is 11.0. The van der Waals surface area contributed by atoms with Crippen LogP contribution in [0.15, 0.2) is 22.9 Å². The molecule has 0 saturated heterocycles. The van der Waals surface area contributed by atoms with Crippen LogP contribution in [0.3, 0.4) is 0 Å². The molecule has 1 N–H and O–H groups in total. The van der Waals surface area contributed by atoms with Crippen LogP contribution in [0.1, 0.15) is 72.3 Å². The lowest BCUT2D eigenvalue weighted by Crippen LogP contribution is -2.18. The number of carbonyl (C=O) groups excluding carboxylic acids is 1. The van der Waals surface area contributed by atoms with Crippen molar-refractivity contribution in [3.8, 4) is 0 Å². The number of hydrogen-bond donors (Lipinski definition) is 1. The molecular weight excluding hydrogens is 310 g/mol. The second-order valence-corrected chi connectivity index (χ2v) is 7.18. The Morgan fingerprint density at radius 2 is 2.13 bits per heavy atom. The highest BCUT2D eigenvalue weighted by atomic mass is 32.1. The van der Waals surface area contributed by atoms with Crippen LogP contribution < -0.4 is 0 Å². The van der Waals surface area contributed by atoms with Gasteiger partial charge in [0.15, 0.2) is 0 Å². The molecule has 3 rings (SSSR count). The van der Waals surface area contributed by atoms with Gasteiger partial charge in [-0.15, -0.1) is 0 Å². The number of carboxylic acids is 1. The highest BCUT2D eigenvalue weighted by Crippen LogP contribution is 2.36. The molecule has 0 fully saturated rings. The third kappa shape index (κ3) is 2.85. The molecule has 23 heavy (non-hydrogen) atoms. The van der Waals surface area contributed by atoms with Crippen molar-refractivity contribution in [2.24, 2.45) is 0 Å². The number of aliphatic carboxylic acids is 1. The fourth-order valence-corrected chi connectivity index (χ4v) is 4.04. The summed E-state index contributed by atoms with van der Waals surface area (Å²) in [5.41, 5.74) is 3.15. The van der Waals surface area contributed by atoms with Crippen LogP contribution in [0.2, 0.25) is 0 Å². The summed E-state index contributed by atoms with van der Waals surface area (Å²) in [7, 11) is 0. The molecule has 5 heteroatoms. The van der Waals surface area contributed by atoms with Gasteiger partial charge in [0.2, 0.25) is 5.78 Å². The standard InChI is InChI=1S/C18H21NO3S/c1-11(2)14-9-15(17(20)12-6-8-23-10-12)19-7-4-3-5-13(16(14)19)18(21)22/h6,8-11,13H,3-5,7H2,1-2H3,(H,21,22). The summed E-state index contributed by atoms with van der Waals surface area (Å²) in [6.45, 7) is 4.83. The first-order valence-corrected chi connectivity index (χ1v) is 8.98. The average molecular weight is 331 g/mol. The molecule has 0 radical (unpaired) electrons. The number of carbonyl (C=O) groups is 2. The van der Waals surface area contributed by atoms with Crippen molar-refractivity contribution in [3.05, 3.63) is 45.4 Å². The summed E-state index contributed by atoms with van der Waals surface area (Å²) in [6, 6.07) is 3.74. The van der Waals surface area contributed by atoms with E-state index >= 15 is 0 Å². The molecule has 0 aromatic carbocycles. The van der Waals surface area contributed by atoms with Crippen molar-refractivity contribution >= 4 is 23.1 Å². The Balaban J connectivity index is 2.17. The van der Waals surface area contributed by atoms with E-state index in [4.69, 9.17) is 0 Å². The second kappa shape index (κ2) is 6.32. The van der Waals surface area contributed by atoms with Crippen molar-refractivity contribution in [1.29, 1.82) is 0 Å². The highest BCUT2D eigenvalue weighted by Gasteiger charge is 2.32. The van der Waals surface area contributed by atoms with Gasteiger partial charge in [0.05, 0.1) is 11.6 Å². The van der Waals surface area contributed by atoms with Gasteiger partial charge in [-0.25, -0.2) is 0 Å². The van der Waals surface area contributed by atoms with Gasteiger partial charge in [-0.1, -0.05) is 20.3 Å². The van der Waals surface area contributed by atoms with Crippen LogP contribution in [-0.2, 0) is 11.3 Å². The zero-order valence-corrected chi connectivity index (χ0v) is 14.2. The van der Waals surface area contributed by atoms with Gasteiger partial charge in [0.1, 0.15) is 0 Å². The lowest BCUT2D eigenvalue weighted by molar-refractivity contribution is -0.139.